The fourth-order valence-electron chi connectivity index (χ4n) is 1.29. The van der Waals surface area contributed by atoms with Crippen molar-refractivity contribution in [2.24, 2.45) is 7.05 Å². The molecule has 0 aromatic carbocycles. The molecule has 86 valence electrons. The molecule has 0 unspecified atom stereocenters. The minimum absolute atomic E-state index is 0.216. The molecule has 0 saturated heterocycles. The average Bonchev–Trinajstić information content (AvgIpc) is 2.74. The van der Waals surface area contributed by atoms with E-state index in [0.29, 0.717) is 18.1 Å². The third-order valence-electron chi connectivity index (χ3n) is 2.27. The Hall–Kier alpha value is -2.62. The van der Waals surface area contributed by atoms with E-state index in [0.717, 1.165) is 5.82 Å². The fraction of sp³-hybridized carbons (Fsp3) is 0.200. The number of nitrogens with zero attached hydrogens (tertiary/aromatic N) is 5. The summed E-state index contributed by atoms with van der Waals surface area (Å²) in [6.45, 7) is 0.484. The van der Waals surface area contributed by atoms with Crippen LogP contribution in [0.5, 0.6) is 0 Å². The topological polar surface area (TPSA) is 105 Å². The molecular weight excluding hydrogens is 218 g/mol. The van der Waals surface area contributed by atoms with Crippen LogP contribution in [0.1, 0.15) is 11.5 Å². The SMILES string of the molecule is Cn1cnnc1CNc1ccc(N)c(C#N)n1. The van der Waals surface area contributed by atoms with Crippen LogP contribution >= 0.6 is 0 Å². The second kappa shape index (κ2) is 4.49. The van der Waals surface area contributed by atoms with E-state index in [1.165, 1.54) is 0 Å². The van der Waals surface area contributed by atoms with E-state index >= 15 is 0 Å². The van der Waals surface area contributed by atoms with Crippen molar-refractivity contribution in [2.45, 2.75) is 6.54 Å². The lowest BCUT2D eigenvalue weighted by molar-refractivity contribution is 0.810. The van der Waals surface area contributed by atoms with Crippen molar-refractivity contribution in [3.63, 3.8) is 0 Å². The number of hydrogen-bond donors (Lipinski definition) is 2. The van der Waals surface area contributed by atoms with Gasteiger partial charge in [-0.2, -0.15) is 5.26 Å². The van der Waals surface area contributed by atoms with Crippen LogP contribution in [0.2, 0.25) is 0 Å². The third kappa shape index (κ3) is 2.31. The number of anilines is 2. The molecule has 2 aromatic heterocycles. The van der Waals surface area contributed by atoms with Crippen LogP contribution in [-0.4, -0.2) is 19.7 Å². The Morgan fingerprint density at radius 2 is 2.35 bits per heavy atom. The molecule has 0 aliphatic rings. The Balaban J connectivity index is 2.10. The van der Waals surface area contributed by atoms with Crippen LogP contribution in [0, 0.1) is 11.3 Å². The van der Waals surface area contributed by atoms with Gasteiger partial charge in [-0.15, -0.1) is 10.2 Å². The summed E-state index contributed by atoms with van der Waals surface area (Å²) in [6.07, 6.45) is 1.62. The number of nitrogens with one attached hydrogen (secondary N) is 1. The largest absolute Gasteiger partial charge is 0.396 e. The van der Waals surface area contributed by atoms with E-state index in [4.69, 9.17) is 11.0 Å². The highest BCUT2D eigenvalue weighted by Gasteiger charge is 2.04. The van der Waals surface area contributed by atoms with Crippen molar-refractivity contribution in [2.75, 3.05) is 11.1 Å². The monoisotopic (exact) mass is 229 g/mol. The van der Waals surface area contributed by atoms with E-state index in [9.17, 15) is 0 Å². The summed E-state index contributed by atoms with van der Waals surface area (Å²) in [6, 6.07) is 5.29. The first kappa shape index (κ1) is 10.9. The number of nitriles is 1. The molecule has 0 spiro atoms. The number of nitrogens with two attached hydrogens (primary N) is 1. The van der Waals surface area contributed by atoms with Gasteiger partial charge < -0.3 is 15.6 Å². The molecule has 0 atom stereocenters. The first-order chi connectivity index (χ1) is 8.20. The summed E-state index contributed by atoms with van der Waals surface area (Å²) < 4.78 is 1.80. The lowest BCUT2D eigenvalue weighted by Gasteiger charge is -2.05. The van der Waals surface area contributed by atoms with E-state index < -0.39 is 0 Å². The number of aryl methyl sites for hydroxylation is 1. The zero-order valence-electron chi connectivity index (χ0n) is 9.25. The van der Waals surface area contributed by atoms with E-state index in [1.54, 1.807) is 23.0 Å². The predicted octanol–water partition coefficient (Wildman–Crippen LogP) is 0.276. The molecule has 0 saturated carbocycles. The van der Waals surface area contributed by atoms with Crippen molar-refractivity contribution >= 4 is 11.5 Å². The second-order valence-corrected chi connectivity index (χ2v) is 3.46. The number of rotatable bonds is 3. The smallest absolute Gasteiger partial charge is 0.165 e. The van der Waals surface area contributed by atoms with Crippen LogP contribution in [-0.2, 0) is 13.6 Å². The number of aromatic nitrogens is 4. The summed E-state index contributed by atoms with van der Waals surface area (Å²) in [5, 5.41) is 19.5. The minimum Gasteiger partial charge on any atom is -0.396 e. The number of nitrogen functional groups attached to an aromatic ring is 1. The quantitative estimate of drug-likeness (QED) is 0.782. The van der Waals surface area contributed by atoms with Crippen molar-refractivity contribution < 1.29 is 0 Å². The summed E-state index contributed by atoms with van der Waals surface area (Å²) >= 11 is 0. The Bertz CT molecular complexity index is 566. The first-order valence-electron chi connectivity index (χ1n) is 4.94. The Kier molecular flexibility index (Phi) is 2.87. The number of pyridine rings is 1. The molecule has 2 heterocycles. The van der Waals surface area contributed by atoms with E-state index in [-0.39, 0.29) is 5.69 Å². The minimum atomic E-state index is 0.216. The van der Waals surface area contributed by atoms with E-state index in [2.05, 4.69) is 20.5 Å². The van der Waals surface area contributed by atoms with Crippen molar-refractivity contribution in [3.05, 3.63) is 30.0 Å². The Morgan fingerprint density at radius 1 is 1.53 bits per heavy atom. The van der Waals surface area contributed by atoms with Gasteiger partial charge in [0, 0.05) is 7.05 Å². The third-order valence-corrected chi connectivity index (χ3v) is 2.27. The van der Waals surface area contributed by atoms with Gasteiger partial charge >= 0.3 is 0 Å². The fourth-order valence-corrected chi connectivity index (χ4v) is 1.29. The standard InChI is InChI=1S/C10H11N7/c1-17-6-14-16-10(17)5-13-9-3-2-7(12)8(4-11)15-9/h2-3,6H,5,12H2,1H3,(H,13,15). The van der Waals surface area contributed by atoms with Gasteiger partial charge in [-0.05, 0) is 12.1 Å². The van der Waals surface area contributed by atoms with Gasteiger partial charge in [0.25, 0.3) is 0 Å². The van der Waals surface area contributed by atoms with Crippen LogP contribution in [0.25, 0.3) is 0 Å². The summed E-state index contributed by atoms with van der Waals surface area (Å²) in [5.74, 6) is 1.36. The van der Waals surface area contributed by atoms with Crippen molar-refractivity contribution in [1.29, 1.82) is 5.26 Å². The highest BCUT2D eigenvalue weighted by molar-refractivity contribution is 5.54. The lowest BCUT2D eigenvalue weighted by atomic mass is 10.3. The molecule has 0 amide bonds. The second-order valence-electron chi connectivity index (χ2n) is 3.46. The predicted molar refractivity (Wildman–Crippen MR) is 61.7 cm³/mol. The molecule has 0 bridgehead atoms. The molecule has 2 rings (SSSR count). The molecule has 0 fully saturated rings. The molecule has 3 N–H and O–H groups in total. The molecule has 0 aliphatic carbocycles. The van der Waals surface area contributed by atoms with Gasteiger partial charge in [-0.1, -0.05) is 0 Å². The van der Waals surface area contributed by atoms with Gasteiger partial charge in [0.2, 0.25) is 0 Å². The Labute approximate surface area is 97.9 Å². The van der Waals surface area contributed by atoms with Crippen LogP contribution < -0.4 is 11.1 Å². The van der Waals surface area contributed by atoms with Crippen LogP contribution in [0.15, 0.2) is 18.5 Å². The zero-order valence-corrected chi connectivity index (χ0v) is 9.25. The maximum atomic E-state index is 8.79. The zero-order chi connectivity index (χ0) is 12.3. The van der Waals surface area contributed by atoms with E-state index in [1.807, 2.05) is 13.1 Å². The normalized spacial score (nSPS) is 9.88. The highest BCUT2D eigenvalue weighted by Crippen LogP contribution is 2.12. The molecule has 2 aromatic rings. The van der Waals surface area contributed by atoms with Gasteiger partial charge in [0.1, 0.15) is 18.2 Å². The van der Waals surface area contributed by atoms with Crippen LogP contribution in [0.4, 0.5) is 11.5 Å². The van der Waals surface area contributed by atoms with Gasteiger partial charge in [0.15, 0.2) is 11.5 Å². The number of hydrogen-bond acceptors (Lipinski definition) is 6. The molecule has 0 aliphatic heterocycles. The molecule has 7 heteroatoms. The van der Waals surface area contributed by atoms with Crippen molar-refractivity contribution in [3.8, 4) is 6.07 Å². The summed E-state index contributed by atoms with van der Waals surface area (Å²) in [4.78, 5) is 4.07. The summed E-state index contributed by atoms with van der Waals surface area (Å²) in [5.41, 5.74) is 6.16. The van der Waals surface area contributed by atoms with Gasteiger partial charge in [0.05, 0.1) is 12.2 Å². The average molecular weight is 229 g/mol. The molecule has 7 nitrogen and oxygen atoms in total. The van der Waals surface area contributed by atoms with Gasteiger partial charge in [-0.25, -0.2) is 4.98 Å². The van der Waals surface area contributed by atoms with Crippen LogP contribution in [0.3, 0.4) is 0 Å². The molecule has 0 radical (unpaired) electrons. The van der Waals surface area contributed by atoms with Gasteiger partial charge in [-0.3, -0.25) is 0 Å². The maximum absolute atomic E-state index is 8.79. The highest BCUT2D eigenvalue weighted by atomic mass is 15.3. The van der Waals surface area contributed by atoms with Crippen molar-refractivity contribution in [1.82, 2.24) is 19.7 Å². The maximum Gasteiger partial charge on any atom is 0.165 e. The first-order valence-corrected chi connectivity index (χ1v) is 4.94. The Morgan fingerprint density at radius 3 is 3.00 bits per heavy atom. The molecule has 17 heavy (non-hydrogen) atoms. The molecular formula is C10H11N7. The lowest BCUT2D eigenvalue weighted by Crippen LogP contribution is -2.07. The summed E-state index contributed by atoms with van der Waals surface area (Å²) in [7, 11) is 1.86.